The second kappa shape index (κ2) is 5.55. The second-order valence-electron chi connectivity index (χ2n) is 4.04. The third-order valence-corrected chi connectivity index (χ3v) is 2.62. The smallest absolute Gasteiger partial charge is 0.207 e. The number of rotatable bonds is 3. The van der Waals surface area contributed by atoms with Crippen LogP contribution in [0.2, 0.25) is 0 Å². The molecular formula is C13H7F6NO. The number of hydrogen-bond donors (Lipinski definition) is 1. The van der Waals surface area contributed by atoms with Gasteiger partial charge in [-0.25, -0.2) is 17.6 Å². The first kappa shape index (κ1) is 15.0. The van der Waals surface area contributed by atoms with Gasteiger partial charge in [0, 0.05) is 11.3 Å². The Labute approximate surface area is 114 Å². The molecular weight excluding hydrogens is 300 g/mol. The molecule has 21 heavy (non-hydrogen) atoms. The van der Waals surface area contributed by atoms with Crippen molar-refractivity contribution in [2.24, 2.45) is 0 Å². The molecule has 2 aromatic carbocycles. The van der Waals surface area contributed by atoms with Crippen molar-refractivity contribution in [2.75, 3.05) is 5.73 Å². The quantitative estimate of drug-likeness (QED) is 0.406. The predicted octanol–water partition coefficient (Wildman–Crippen LogP) is 3.68. The molecule has 0 aliphatic carbocycles. The van der Waals surface area contributed by atoms with Crippen LogP contribution in [0.3, 0.4) is 0 Å². The number of hydrogen-bond acceptors (Lipinski definition) is 2. The first-order valence-corrected chi connectivity index (χ1v) is 5.51. The van der Waals surface area contributed by atoms with Gasteiger partial charge in [-0.15, -0.1) is 0 Å². The Morgan fingerprint density at radius 3 is 1.86 bits per heavy atom. The van der Waals surface area contributed by atoms with E-state index in [0.717, 1.165) is 12.1 Å². The van der Waals surface area contributed by atoms with Crippen LogP contribution in [-0.4, -0.2) is 0 Å². The van der Waals surface area contributed by atoms with Crippen molar-refractivity contribution in [1.82, 2.24) is 0 Å². The molecule has 2 nitrogen and oxygen atoms in total. The SMILES string of the molecule is Nc1ccc(COc2c(F)c(F)c(F)c(F)c2F)c(F)c1. The fourth-order valence-corrected chi connectivity index (χ4v) is 1.54. The Bertz CT molecular complexity index is 675. The minimum Gasteiger partial charge on any atom is -0.483 e. The van der Waals surface area contributed by atoms with Crippen molar-refractivity contribution in [3.05, 3.63) is 58.7 Å². The van der Waals surface area contributed by atoms with Gasteiger partial charge in [0.15, 0.2) is 5.75 Å². The molecule has 2 N–H and O–H groups in total. The molecule has 0 aliphatic rings. The predicted molar refractivity (Wildman–Crippen MR) is 61.4 cm³/mol. The molecule has 0 heterocycles. The van der Waals surface area contributed by atoms with Gasteiger partial charge in [-0.2, -0.15) is 8.78 Å². The average molecular weight is 307 g/mol. The summed E-state index contributed by atoms with van der Waals surface area (Å²) in [5, 5.41) is 0. The molecule has 0 fully saturated rings. The Hall–Kier alpha value is -2.38. The molecule has 0 radical (unpaired) electrons. The van der Waals surface area contributed by atoms with Gasteiger partial charge in [0.25, 0.3) is 0 Å². The van der Waals surface area contributed by atoms with Gasteiger partial charge in [0.05, 0.1) is 0 Å². The molecule has 0 saturated heterocycles. The van der Waals surface area contributed by atoms with Crippen molar-refractivity contribution >= 4 is 5.69 Å². The minimum atomic E-state index is -2.30. The van der Waals surface area contributed by atoms with Crippen molar-refractivity contribution in [1.29, 1.82) is 0 Å². The summed E-state index contributed by atoms with van der Waals surface area (Å²) in [5.74, 6) is -13.1. The lowest BCUT2D eigenvalue weighted by atomic mass is 10.2. The monoisotopic (exact) mass is 307 g/mol. The third-order valence-electron chi connectivity index (χ3n) is 2.62. The summed E-state index contributed by atoms with van der Waals surface area (Å²) in [7, 11) is 0. The van der Waals surface area contributed by atoms with Crippen LogP contribution in [0.4, 0.5) is 32.0 Å². The molecule has 0 unspecified atom stereocenters. The highest BCUT2D eigenvalue weighted by atomic mass is 19.2. The van der Waals surface area contributed by atoms with Crippen LogP contribution in [0.5, 0.6) is 5.75 Å². The maximum absolute atomic E-state index is 13.4. The second-order valence-corrected chi connectivity index (χ2v) is 4.04. The fourth-order valence-electron chi connectivity index (χ4n) is 1.54. The summed E-state index contributed by atoms with van der Waals surface area (Å²) in [6.07, 6.45) is 0. The maximum atomic E-state index is 13.4. The van der Waals surface area contributed by atoms with Crippen molar-refractivity contribution in [3.63, 3.8) is 0 Å². The normalized spacial score (nSPS) is 10.8. The van der Waals surface area contributed by atoms with Gasteiger partial charge in [0.1, 0.15) is 12.4 Å². The van der Waals surface area contributed by atoms with E-state index >= 15 is 0 Å². The molecule has 0 bridgehead atoms. The van der Waals surface area contributed by atoms with E-state index in [1.165, 1.54) is 6.07 Å². The van der Waals surface area contributed by atoms with Gasteiger partial charge in [-0.05, 0) is 12.1 Å². The van der Waals surface area contributed by atoms with Crippen LogP contribution in [0.25, 0.3) is 0 Å². The summed E-state index contributed by atoms with van der Waals surface area (Å²) >= 11 is 0. The zero-order valence-electron chi connectivity index (χ0n) is 10.2. The Kier molecular flexibility index (Phi) is 3.97. The highest BCUT2D eigenvalue weighted by Crippen LogP contribution is 2.29. The van der Waals surface area contributed by atoms with Crippen molar-refractivity contribution in [3.8, 4) is 5.75 Å². The topological polar surface area (TPSA) is 35.2 Å². The highest BCUT2D eigenvalue weighted by molar-refractivity contribution is 5.40. The minimum absolute atomic E-state index is 0.104. The van der Waals surface area contributed by atoms with Crippen LogP contribution in [0.1, 0.15) is 5.56 Å². The van der Waals surface area contributed by atoms with Gasteiger partial charge in [0.2, 0.25) is 29.1 Å². The molecule has 0 saturated carbocycles. The van der Waals surface area contributed by atoms with Crippen molar-refractivity contribution in [2.45, 2.75) is 6.61 Å². The van der Waals surface area contributed by atoms with Crippen LogP contribution in [0, 0.1) is 34.9 Å². The van der Waals surface area contributed by atoms with Crippen molar-refractivity contribution < 1.29 is 31.1 Å². The van der Waals surface area contributed by atoms with Crippen LogP contribution in [-0.2, 0) is 6.61 Å². The number of nitrogen functional groups attached to an aromatic ring is 1. The largest absolute Gasteiger partial charge is 0.483 e. The average Bonchev–Trinajstić information content (AvgIpc) is 2.45. The Morgan fingerprint density at radius 1 is 0.810 bits per heavy atom. The molecule has 2 rings (SSSR count). The van der Waals surface area contributed by atoms with Crippen LogP contribution < -0.4 is 10.5 Å². The number of benzene rings is 2. The Morgan fingerprint density at radius 2 is 1.33 bits per heavy atom. The number of nitrogens with two attached hydrogens (primary N) is 1. The highest BCUT2D eigenvalue weighted by Gasteiger charge is 2.27. The van der Waals surface area contributed by atoms with Gasteiger partial charge in [-0.3, -0.25) is 0 Å². The molecule has 0 amide bonds. The molecule has 112 valence electrons. The molecule has 8 heteroatoms. The van der Waals surface area contributed by atoms with E-state index in [1.807, 2.05) is 0 Å². The van der Waals surface area contributed by atoms with E-state index in [9.17, 15) is 26.3 Å². The van der Waals surface area contributed by atoms with E-state index in [4.69, 9.17) is 5.73 Å². The zero-order chi connectivity index (χ0) is 15.7. The summed E-state index contributed by atoms with van der Waals surface area (Å²) in [6.45, 7) is -0.732. The summed E-state index contributed by atoms with van der Waals surface area (Å²) in [5.41, 5.74) is 5.24. The number of anilines is 1. The lowest BCUT2D eigenvalue weighted by Gasteiger charge is -2.11. The molecule has 0 spiro atoms. The summed E-state index contributed by atoms with van der Waals surface area (Å²) < 4.78 is 83.2. The zero-order valence-corrected chi connectivity index (χ0v) is 10.2. The maximum Gasteiger partial charge on any atom is 0.207 e. The van der Waals surface area contributed by atoms with E-state index in [0.29, 0.717) is 0 Å². The van der Waals surface area contributed by atoms with Gasteiger partial charge in [-0.1, -0.05) is 6.07 Å². The van der Waals surface area contributed by atoms with E-state index < -0.39 is 47.3 Å². The molecule has 0 aromatic heterocycles. The molecule has 0 aliphatic heterocycles. The third kappa shape index (κ3) is 2.74. The van der Waals surface area contributed by atoms with Crippen LogP contribution >= 0.6 is 0 Å². The van der Waals surface area contributed by atoms with Gasteiger partial charge >= 0.3 is 0 Å². The van der Waals surface area contributed by atoms with E-state index in [2.05, 4.69) is 4.74 Å². The lowest BCUT2D eigenvalue weighted by molar-refractivity contribution is 0.250. The lowest BCUT2D eigenvalue weighted by Crippen LogP contribution is -2.08. The van der Waals surface area contributed by atoms with Gasteiger partial charge < -0.3 is 10.5 Å². The summed E-state index contributed by atoms with van der Waals surface area (Å²) in [4.78, 5) is 0. The number of halogens is 6. The Balaban J connectivity index is 2.32. The standard InChI is InChI=1S/C13H7F6NO/c14-7-3-6(20)2-1-5(7)4-21-13-11(18)9(16)8(15)10(17)12(13)19/h1-3H,4,20H2. The van der Waals surface area contributed by atoms with E-state index in [-0.39, 0.29) is 11.3 Å². The first-order valence-electron chi connectivity index (χ1n) is 5.51. The number of ether oxygens (including phenoxy) is 1. The summed E-state index contributed by atoms with van der Waals surface area (Å²) in [6, 6.07) is 3.38. The molecule has 0 atom stereocenters. The van der Waals surface area contributed by atoms with Crippen LogP contribution in [0.15, 0.2) is 18.2 Å². The fraction of sp³-hybridized carbons (Fsp3) is 0.0769. The molecule has 2 aromatic rings. The van der Waals surface area contributed by atoms with E-state index in [1.54, 1.807) is 0 Å². The first-order chi connectivity index (χ1) is 9.82.